The van der Waals surface area contributed by atoms with Crippen LogP contribution in [0, 0.1) is 5.92 Å². The highest BCUT2D eigenvalue weighted by Gasteiger charge is 2.08. The normalized spacial score (nSPS) is 12.9. The Bertz CT molecular complexity index is 323. The number of hydrogen-bond donors (Lipinski definition) is 1. The van der Waals surface area contributed by atoms with Crippen molar-refractivity contribution < 1.29 is 4.74 Å². The summed E-state index contributed by atoms with van der Waals surface area (Å²) in [6, 6.07) is 0.457. The van der Waals surface area contributed by atoms with E-state index in [2.05, 4.69) is 35.6 Å². The van der Waals surface area contributed by atoms with Gasteiger partial charge >= 0.3 is 0 Å². The lowest BCUT2D eigenvalue weighted by molar-refractivity contribution is 0.142. The van der Waals surface area contributed by atoms with E-state index in [1.54, 1.807) is 0 Å². The molecule has 0 radical (unpaired) electrons. The van der Waals surface area contributed by atoms with Gasteiger partial charge in [-0.1, -0.05) is 13.8 Å². The Morgan fingerprint density at radius 1 is 1.39 bits per heavy atom. The van der Waals surface area contributed by atoms with Crippen LogP contribution in [-0.2, 0) is 11.3 Å². The van der Waals surface area contributed by atoms with E-state index in [0.29, 0.717) is 12.0 Å². The van der Waals surface area contributed by atoms with E-state index in [4.69, 9.17) is 4.74 Å². The largest absolute Gasteiger partial charge is 0.382 e. The average molecular weight is 253 g/mol. The number of aromatic nitrogens is 2. The average Bonchev–Trinajstić information content (AvgIpc) is 2.71. The van der Waals surface area contributed by atoms with Crippen LogP contribution in [0.15, 0.2) is 12.4 Å². The number of rotatable bonds is 9. The molecule has 4 heteroatoms. The van der Waals surface area contributed by atoms with Crippen molar-refractivity contribution in [3.05, 3.63) is 12.4 Å². The molecule has 1 unspecified atom stereocenters. The molecule has 0 aliphatic carbocycles. The molecule has 0 aliphatic rings. The number of hydrogen-bond acceptors (Lipinski definition) is 3. The summed E-state index contributed by atoms with van der Waals surface area (Å²) in [7, 11) is 0. The molecule has 1 aromatic heterocycles. The van der Waals surface area contributed by atoms with E-state index in [0.717, 1.165) is 38.5 Å². The van der Waals surface area contributed by atoms with E-state index >= 15 is 0 Å². The number of aryl methyl sites for hydroxylation is 1. The second-order valence-corrected chi connectivity index (χ2v) is 5.17. The minimum Gasteiger partial charge on any atom is -0.382 e. The third-order valence-corrected chi connectivity index (χ3v) is 2.81. The molecule has 0 spiro atoms. The molecule has 0 aliphatic heterocycles. The van der Waals surface area contributed by atoms with Crippen molar-refractivity contribution in [3.63, 3.8) is 0 Å². The summed E-state index contributed by atoms with van der Waals surface area (Å²) in [4.78, 5) is 4.37. The molecular weight excluding hydrogens is 226 g/mol. The minimum atomic E-state index is 0.457. The van der Waals surface area contributed by atoms with Crippen LogP contribution in [-0.4, -0.2) is 28.8 Å². The monoisotopic (exact) mass is 253 g/mol. The van der Waals surface area contributed by atoms with Crippen LogP contribution in [0.4, 0.5) is 5.95 Å². The molecule has 1 heterocycles. The molecule has 0 aromatic carbocycles. The molecule has 1 atom stereocenters. The highest BCUT2D eigenvalue weighted by atomic mass is 16.5. The zero-order valence-corrected chi connectivity index (χ0v) is 12.1. The van der Waals surface area contributed by atoms with E-state index < -0.39 is 0 Å². The van der Waals surface area contributed by atoms with Crippen molar-refractivity contribution in [2.45, 2.75) is 53.1 Å². The predicted molar refractivity (Wildman–Crippen MR) is 75.9 cm³/mol. The number of anilines is 1. The van der Waals surface area contributed by atoms with E-state index in [-0.39, 0.29) is 0 Å². The Balaban J connectivity index is 2.39. The Morgan fingerprint density at radius 2 is 2.17 bits per heavy atom. The van der Waals surface area contributed by atoms with Gasteiger partial charge in [0.25, 0.3) is 0 Å². The summed E-state index contributed by atoms with van der Waals surface area (Å²) >= 11 is 0. The maximum atomic E-state index is 5.35. The lowest BCUT2D eigenvalue weighted by Crippen LogP contribution is -2.20. The molecule has 0 fully saturated rings. The molecule has 0 amide bonds. The summed E-state index contributed by atoms with van der Waals surface area (Å²) in [6.45, 7) is 11.3. The Morgan fingerprint density at radius 3 is 2.83 bits per heavy atom. The third-order valence-electron chi connectivity index (χ3n) is 2.81. The van der Waals surface area contributed by atoms with Gasteiger partial charge in [0, 0.05) is 38.2 Å². The Hall–Kier alpha value is -1.03. The van der Waals surface area contributed by atoms with Crippen molar-refractivity contribution >= 4 is 5.95 Å². The van der Waals surface area contributed by atoms with Crippen molar-refractivity contribution in [3.8, 4) is 0 Å². The summed E-state index contributed by atoms with van der Waals surface area (Å²) in [5, 5.41) is 3.47. The molecule has 0 saturated carbocycles. The first-order valence-corrected chi connectivity index (χ1v) is 6.98. The number of imidazole rings is 1. The third kappa shape index (κ3) is 5.54. The van der Waals surface area contributed by atoms with Gasteiger partial charge < -0.3 is 14.6 Å². The van der Waals surface area contributed by atoms with Gasteiger partial charge in [-0.3, -0.25) is 0 Å². The quantitative estimate of drug-likeness (QED) is 0.687. The van der Waals surface area contributed by atoms with Crippen LogP contribution < -0.4 is 5.32 Å². The topological polar surface area (TPSA) is 39.1 Å². The van der Waals surface area contributed by atoms with Crippen molar-refractivity contribution in [2.24, 2.45) is 5.92 Å². The van der Waals surface area contributed by atoms with Crippen molar-refractivity contribution in [1.29, 1.82) is 0 Å². The van der Waals surface area contributed by atoms with Crippen molar-refractivity contribution in [1.82, 2.24) is 9.55 Å². The molecule has 1 N–H and O–H groups in total. The Labute approximate surface area is 111 Å². The fourth-order valence-corrected chi connectivity index (χ4v) is 2.10. The fourth-order valence-electron chi connectivity index (χ4n) is 2.10. The second kappa shape index (κ2) is 8.14. The molecule has 0 bridgehead atoms. The van der Waals surface area contributed by atoms with Gasteiger partial charge in [-0.2, -0.15) is 0 Å². The summed E-state index contributed by atoms with van der Waals surface area (Å²) in [6.07, 6.45) is 6.06. The summed E-state index contributed by atoms with van der Waals surface area (Å²) in [5.74, 6) is 1.67. The van der Waals surface area contributed by atoms with E-state index in [9.17, 15) is 0 Å². The first kappa shape index (κ1) is 15.0. The maximum absolute atomic E-state index is 5.35. The van der Waals surface area contributed by atoms with Gasteiger partial charge in [0.05, 0.1) is 0 Å². The molecular formula is C14H27N3O. The number of nitrogens with one attached hydrogen (secondary N) is 1. The number of ether oxygens (including phenoxy) is 1. The van der Waals surface area contributed by atoms with Gasteiger partial charge in [0.15, 0.2) is 0 Å². The van der Waals surface area contributed by atoms with Crippen LogP contribution in [0.5, 0.6) is 0 Å². The first-order chi connectivity index (χ1) is 8.63. The molecule has 1 aromatic rings. The number of nitrogens with zero attached hydrogens (tertiary/aromatic N) is 2. The molecule has 0 saturated heterocycles. The molecule has 104 valence electrons. The zero-order valence-electron chi connectivity index (χ0n) is 12.1. The second-order valence-electron chi connectivity index (χ2n) is 5.17. The van der Waals surface area contributed by atoms with Crippen LogP contribution in [0.2, 0.25) is 0 Å². The van der Waals surface area contributed by atoms with Gasteiger partial charge in [-0.05, 0) is 32.6 Å². The Kier molecular flexibility index (Phi) is 6.80. The van der Waals surface area contributed by atoms with Crippen LogP contribution in [0.1, 0.15) is 40.5 Å². The van der Waals surface area contributed by atoms with Crippen LogP contribution >= 0.6 is 0 Å². The fraction of sp³-hybridized carbons (Fsp3) is 0.786. The summed E-state index contributed by atoms with van der Waals surface area (Å²) < 4.78 is 7.51. The standard InChI is InChI=1S/C14H27N3O/c1-5-18-10-6-8-17-9-7-15-14(17)16-13(4)11-12(2)3/h7,9,12-13H,5-6,8,10-11H2,1-4H3,(H,15,16). The van der Waals surface area contributed by atoms with Crippen LogP contribution in [0.25, 0.3) is 0 Å². The van der Waals surface area contributed by atoms with Crippen LogP contribution in [0.3, 0.4) is 0 Å². The lowest BCUT2D eigenvalue weighted by Gasteiger charge is -2.17. The first-order valence-electron chi connectivity index (χ1n) is 6.98. The van der Waals surface area contributed by atoms with Gasteiger partial charge in [-0.15, -0.1) is 0 Å². The highest BCUT2D eigenvalue weighted by molar-refractivity contribution is 5.27. The highest BCUT2D eigenvalue weighted by Crippen LogP contribution is 2.11. The lowest BCUT2D eigenvalue weighted by atomic mass is 10.1. The summed E-state index contributed by atoms with van der Waals surface area (Å²) in [5.41, 5.74) is 0. The zero-order chi connectivity index (χ0) is 13.4. The van der Waals surface area contributed by atoms with Gasteiger partial charge in [-0.25, -0.2) is 4.98 Å². The molecule has 4 nitrogen and oxygen atoms in total. The van der Waals surface area contributed by atoms with Gasteiger partial charge in [0.1, 0.15) is 0 Å². The predicted octanol–water partition coefficient (Wildman–Crippen LogP) is 3.16. The smallest absolute Gasteiger partial charge is 0.202 e. The minimum absolute atomic E-state index is 0.457. The maximum Gasteiger partial charge on any atom is 0.202 e. The molecule has 18 heavy (non-hydrogen) atoms. The van der Waals surface area contributed by atoms with E-state index in [1.807, 2.05) is 19.3 Å². The van der Waals surface area contributed by atoms with Crippen molar-refractivity contribution in [2.75, 3.05) is 18.5 Å². The van der Waals surface area contributed by atoms with Gasteiger partial charge in [0.2, 0.25) is 5.95 Å². The SMILES string of the molecule is CCOCCCn1ccnc1NC(C)CC(C)C. The molecule has 1 rings (SSSR count). The van der Waals surface area contributed by atoms with E-state index in [1.165, 1.54) is 0 Å².